The third-order valence-electron chi connectivity index (χ3n) is 3.82. The summed E-state index contributed by atoms with van der Waals surface area (Å²) in [6, 6.07) is 0. The Hall–Kier alpha value is -2.14. The summed E-state index contributed by atoms with van der Waals surface area (Å²) >= 11 is 6.50. The number of aryl methyl sites for hydroxylation is 1. The van der Waals surface area contributed by atoms with Gasteiger partial charge in [-0.25, -0.2) is 9.97 Å². The molecule has 0 fully saturated rings. The molecule has 2 aromatic heterocycles. The Labute approximate surface area is 140 Å². The van der Waals surface area contributed by atoms with Crippen LogP contribution in [0, 0.1) is 0 Å². The van der Waals surface area contributed by atoms with Gasteiger partial charge in [0.25, 0.3) is 0 Å². The van der Waals surface area contributed by atoms with E-state index < -0.39 is 0 Å². The van der Waals surface area contributed by atoms with Crippen molar-refractivity contribution >= 4 is 34.7 Å². The van der Waals surface area contributed by atoms with Gasteiger partial charge in [0.15, 0.2) is 0 Å². The van der Waals surface area contributed by atoms with E-state index in [1.165, 1.54) is 5.57 Å². The van der Waals surface area contributed by atoms with E-state index in [0.29, 0.717) is 6.42 Å². The molecule has 0 aromatic carbocycles. The summed E-state index contributed by atoms with van der Waals surface area (Å²) in [4.78, 5) is 18.9. The molecule has 23 heavy (non-hydrogen) atoms. The first-order valence-electron chi connectivity index (χ1n) is 7.70. The number of nitrogens with one attached hydrogen (secondary N) is 1. The van der Waals surface area contributed by atoms with Crippen molar-refractivity contribution in [3.8, 4) is 0 Å². The molecule has 0 bridgehead atoms. The number of aromatic nitrogens is 3. The van der Waals surface area contributed by atoms with E-state index in [4.69, 9.17) is 16.6 Å². The molecule has 0 aliphatic carbocycles. The summed E-state index contributed by atoms with van der Waals surface area (Å²) < 4.78 is 0. The van der Waals surface area contributed by atoms with Gasteiger partial charge in [-0.3, -0.25) is 4.99 Å². The lowest BCUT2D eigenvalue weighted by Crippen LogP contribution is -2.13. The van der Waals surface area contributed by atoms with Crippen LogP contribution in [0.5, 0.6) is 0 Å². The molecule has 0 atom stereocenters. The van der Waals surface area contributed by atoms with Crippen molar-refractivity contribution in [2.75, 3.05) is 19.0 Å². The van der Waals surface area contributed by atoms with Gasteiger partial charge in [0, 0.05) is 45.0 Å². The molecule has 2 aromatic rings. The van der Waals surface area contributed by atoms with Crippen LogP contribution < -0.4 is 4.90 Å². The Bertz CT molecular complexity index is 814. The summed E-state index contributed by atoms with van der Waals surface area (Å²) in [5.41, 5.74) is 3.04. The summed E-state index contributed by atoms with van der Waals surface area (Å²) in [5.74, 6) is 1.64. The van der Waals surface area contributed by atoms with Gasteiger partial charge in [0.1, 0.15) is 17.3 Å². The van der Waals surface area contributed by atoms with Crippen molar-refractivity contribution in [2.24, 2.45) is 4.99 Å². The predicted molar refractivity (Wildman–Crippen MR) is 96.6 cm³/mol. The molecule has 0 saturated carbocycles. The molecule has 1 N–H and O–H groups in total. The zero-order valence-corrected chi connectivity index (χ0v) is 14.4. The lowest BCUT2D eigenvalue weighted by molar-refractivity contribution is 0.934. The van der Waals surface area contributed by atoms with Crippen molar-refractivity contribution in [2.45, 2.75) is 26.2 Å². The van der Waals surface area contributed by atoms with Crippen LogP contribution >= 0.6 is 11.6 Å². The summed E-state index contributed by atoms with van der Waals surface area (Å²) in [6.45, 7) is 2.07. The summed E-state index contributed by atoms with van der Waals surface area (Å²) in [6.07, 6.45) is 10.1. The Kier molecular flexibility index (Phi) is 4.48. The fourth-order valence-corrected chi connectivity index (χ4v) is 3.00. The zero-order valence-electron chi connectivity index (χ0n) is 13.6. The molecule has 6 heteroatoms. The highest BCUT2D eigenvalue weighted by molar-refractivity contribution is 6.37. The van der Waals surface area contributed by atoms with E-state index in [-0.39, 0.29) is 0 Å². The highest BCUT2D eigenvalue weighted by atomic mass is 35.5. The Morgan fingerprint density at radius 3 is 2.87 bits per heavy atom. The molecule has 0 spiro atoms. The average Bonchev–Trinajstić information content (AvgIpc) is 2.70. The maximum Gasteiger partial charge on any atom is 0.144 e. The molecule has 0 amide bonds. The monoisotopic (exact) mass is 329 g/mol. The summed E-state index contributed by atoms with van der Waals surface area (Å²) in [5, 5.41) is 1.62. The number of nitrogens with zero attached hydrogens (tertiary/aromatic N) is 4. The average molecular weight is 330 g/mol. The minimum Gasteiger partial charge on any atom is -0.362 e. The molecule has 1 aliphatic heterocycles. The molecule has 3 rings (SSSR count). The fourth-order valence-electron chi connectivity index (χ4n) is 2.64. The number of allylic oxidation sites excluding steroid dienone is 3. The summed E-state index contributed by atoms with van der Waals surface area (Å²) in [7, 11) is 3.95. The lowest BCUT2D eigenvalue weighted by atomic mass is 10.1. The smallest absolute Gasteiger partial charge is 0.144 e. The van der Waals surface area contributed by atoms with Crippen LogP contribution in [0.25, 0.3) is 11.0 Å². The Balaban J connectivity index is 2.06. The second kappa shape index (κ2) is 6.54. The van der Waals surface area contributed by atoms with E-state index >= 15 is 0 Å². The highest BCUT2D eigenvalue weighted by Gasteiger charge is 2.18. The Morgan fingerprint density at radius 2 is 2.13 bits per heavy atom. The third kappa shape index (κ3) is 3.15. The van der Waals surface area contributed by atoms with Crippen molar-refractivity contribution in [1.82, 2.24) is 15.0 Å². The van der Waals surface area contributed by atoms with Crippen LogP contribution in [-0.4, -0.2) is 35.3 Å². The van der Waals surface area contributed by atoms with Crippen LogP contribution in [0.2, 0.25) is 5.02 Å². The van der Waals surface area contributed by atoms with Gasteiger partial charge in [-0.15, -0.1) is 0 Å². The number of aromatic amines is 1. The van der Waals surface area contributed by atoms with Gasteiger partial charge in [-0.2, -0.15) is 0 Å². The second-order valence-corrected chi connectivity index (χ2v) is 6.11. The molecular formula is C17H20ClN5. The maximum atomic E-state index is 6.50. The minimum absolute atomic E-state index is 0.700. The molecule has 120 valence electrons. The van der Waals surface area contributed by atoms with Gasteiger partial charge < -0.3 is 9.88 Å². The van der Waals surface area contributed by atoms with Gasteiger partial charge in [-0.05, 0) is 12.5 Å². The number of halogens is 1. The number of anilines is 1. The molecule has 0 unspecified atom stereocenters. The number of fused-ring (bicyclic) bond motifs is 1. The second-order valence-electron chi connectivity index (χ2n) is 5.73. The lowest BCUT2D eigenvalue weighted by Gasteiger charge is -2.14. The van der Waals surface area contributed by atoms with Crippen LogP contribution in [-0.2, 0) is 12.8 Å². The first-order valence-corrected chi connectivity index (χ1v) is 8.08. The van der Waals surface area contributed by atoms with Crippen molar-refractivity contribution in [1.29, 1.82) is 0 Å². The van der Waals surface area contributed by atoms with Gasteiger partial charge in [-0.1, -0.05) is 30.2 Å². The molecule has 5 nitrogen and oxygen atoms in total. The maximum absolute atomic E-state index is 6.50. The first-order chi connectivity index (χ1) is 11.1. The number of hydrogen-bond donors (Lipinski definition) is 1. The van der Waals surface area contributed by atoms with E-state index in [9.17, 15) is 0 Å². The van der Waals surface area contributed by atoms with Crippen molar-refractivity contribution in [3.05, 3.63) is 40.5 Å². The van der Waals surface area contributed by atoms with E-state index in [1.54, 1.807) is 6.20 Å². The Morgan fingerprint density at radius 1 is 1.30 bits per heavy atom. The number of aliphatic imine (C=N–C) groups is 1. The number of hydrogen-bond acceptors (Lipinski definition) is 4. The van der Waals surface area contributed by atoms with Crippen LogP contribution in [0.1, 0.15) is 24.9 Å². The number of rotatable bonds is 4. The van der Waals surface area contributed by atoms with E-state index in [2.05, 4.69) is 28.0 Å². The van der Waals surface area contributed by atoms with Crippen LogP contribution in [0.4, 0.5) is 5.82 Å². The fraction of sp³-hybridized carbons (Fsp3) is 0.353. The van der Waals surface area contributed by atoms with E-state index in [0.717, 1.165) is 46.2 Å². The molecule has 1 aliphatic rings. The highest BCUT2D eigenvalue weighted by Crippen LogP contribution is 2.33. The molecule has 3 heterocycles. The number of H-pyrrole nitrogens is 1. The van der Waals surface area contributed by atoms with Crippen molar-refractivity contribution in [3.63, 3.8) is 0 Å². The van der Waals surface area contributed by atoms with Crippen LogP contribution in [0.15, 0.2) is 28.9 Å². The molecule has 0 radical (unpaired) electrons. The third-order valence-corrected chi connectivity index (χ3v) is 4.23. The largest absolute Gasteiger partial charge is 0.362 e. The van der Waals surface area contributed by atoms with Crippen molar-refractivity contribution < 1.29 is 0 Å². The van der Waals surface area contributed by atoms with E-state index in [1.807, 2.05) is 31.3 Å². The minimum atomic E-state index is 0.700. The molecule has 0 saturated heterocycles. The predicted octanol–water partition coefficient (Wildman–Crippen LogP) is 3.70. The molecular weight excluding hydrogens is 310 g/mol. The van der Waals surface area contributed by atoms with Gasteiger partial charge >= 0.3 is 0 Å². The quantitative estimate of drug-likeness (QED) is 0.930. The van der Waals surface area contributed by atoms with Gasteiger partial charge in [0.2, 0.25) is 0 Å². The standard InChI is InChI=1S/C17H20ClN5/c1-4-12-15(18)14-16(20-12)21-13(22-17(14)23(2)3)10-11-6-5-8-19-9-7-11/h5-6,8-9H,4,7,10H2,1-3H3,(H,20,21,22). The van der Waals surface area contributed by atoms with Crippen LogP contribution in [0.3, 0.4) is 0 Å². The first kappa shape index (κ1) is 15.7. The van der Waals surface area contributed by atoms with Gasteiger partial charge in [0.05, 0.1) is 10.4 Å². The SMILES string of the molecule is CCc1[nH]c2nc(CC3=CC=CN=CC3)nc(N(C)C)c2c1Cl. The topological polar surface area (TPSA) is 57.2 Å². The normalized spacial score (nSPS) is 14.2. The zero-order chi connectivity index (χ0) is 16.4.